The highest BCUT2D eigenvalue weighted by Crippen LogP contribution is 2.42. The first kappa shape index (κ1) is 27.2. The molecule has 2 aliphatic rings. The normalized spacial score (nSPS) is 19.3. The number of nitrogens with zero attached hydrogens (tertiary/aromatic N) is 4. The minimum atomic E-state index is -1.21. The van der Waals surface area contributed by atoms with Crippen molar-refractivity contribution in [2.24, 2.45) is 10.9 Å². The first-order valence-electron chi connectivity index (χ1n) is 10.3. The van der Waals surface area contributed by atoms with E-state index >= 15 is 0 Å². The van der Waals surface area contributed by atoms with Gasteiger partial charge in [-0.2, -0.15) is 0 Å². The number of β-lactam (4-membered cyclic amide) rings is 1. The van der Waals surface area contributed by atoms with Crippen LogP contribution >= 0.6 is 58.0 Å². The average Bonchev–Trinajstić information content (AvgIpc) is 3.50. The molecule has 37 heavy (non-hydrogen) atoms. The number of hydrogen-bond acceptors (Lipinski definition) is 14. The number of amidine groups is 1. The summed E-state index contributed by atoms with van der Waals surface area (Å²) in [5.74, 6) is -1.33. The number of carbonyl (C=O) groups excluding carboxylic acids is 2. The van der Waals surface area contributed by atoms with Gasteiger partial charge in [0, 0.05) is 22.3 Å². The molecule has 2 aromatic heterocycles. The van der Waals surface area contributed by atoms with Gasteiger partial charge < -0.3 is 26.7 Å². The first-order valence-corrected chi connectivity index (χ1v) is 15.0. The number of carboxylic acids is 1. The Morgan fingerprint density at radius 2 is 2.14 bits per heavy atom. The van der Waals surface area contributed by atoms with Crippen molar-refractivity contribution in [2.45, 2.75) is 20.8 Å². The molecule has 2 aliphatic heterocycles. The van der Waals surface area contributed by atoms with Crippen molar-refractivity contribution in [2.75, 3.05) is 30.1 Å². The molecule has 2 atom stereocenters. The van der Waals surface area contributed by atoms with Gasteiger partial charge in [0.25, 0.3) is 11.8 Å². The molecule has 0 aromatic carbocycles. The van der Waals surface area contributed by atoms with Crippen molar-refractivity contribution in [3.8, 4) is 0 Å². The van der Waals surface area contributed by atoms with Gasteiger partial charge in [0.05, 0.1) is 5.75 Å². The lowest BCUT2D eigenvalue weighted by molar-refractivity contribution is -0.150. The lowest BCUT2D eigenvalue weighted by Crippen LogP contribution is -2.71. The monoisotopic (exact) mass is 600 g/mol. The predicted molar refractivity (Wildman–Crippen MR) is 145 cm³/mol. The number of fused-ring (bicyclic) bond motifs is 1. The fourth-order valence-electron chi connectivity index (χ4n) is 3.37. The van der Waals surface area contributed by atoms with Crippen LogP contribution in [-0.2, 0) is 19.2 Å². The number of nitrogens with two attached hydrogens (primary N) is 2. The topological polar surface area (TPSA) is 210 Å². The second-order valence-electron chi connectivity index (χ2n) is 7.37. The molecule has 0 aliphatic carbocycles. The molecule has 0 unspecified atom stereocenters. The Kier molecular flexibility index (Phi) is 8.63. The van der Waals surface area contributed by atoms with Gasteiger partial charge in [-0.05, 0) is 5.57 Å². The molecule has 13 nitrogen and oxygen atoms in total. The van der Waals surface area contributed by atoms with E-state index in [0.717, 1.165) is 20.7 Å². The Labute approximate surface area is 231 Å². The minimum absolute atomic E-state index is 0.0565. The number of carbonyl (C=O) groups is 3. The molecule has 1 saturated heterocycles. The zero-order chi connectivity index (χ0) is 26.7. The fourth-order valence-corrected chi connectivity index (χ4v) is 8.09. The number of carboxylic acid groups (broad SMARTS) is 1. The third-order valence-corrected chi connectivity index (χ3v) is 10.1. The summed E-state index contributed by atoms with van der Waals surface area (Å²) in [6.45, 7) is 0. The number of oxime groups is 1. The van der Waals surface area contributed by atoms with Crippen molar-refractivity contribution in [3.05, 3.63) is 27.7 Å². The molecule has 0 radical (unpaired) electrons. The van der Waals surface area contributed by atoms with Gasteiger partial charge in [-0.3, -0.25) is 19.9 Å². The third-order valence-electron chi connectivity index (χ3n) is 4.91. The van der Waals surface area contributed by atoms with Gasteiger partial charge in [-0.25, -0.2) is 14.8 Å². The summed E-state index contributed by atoms with van der Waals surface area (Å²) in [4.78, 5) is 52.4. The molecule has 2 amide bonds. The van der Waals surface area contributed by atoms with E-state index in [1.165, 1.54) is 58.6 Å². The minimum Gasteiger partial charge on any atom is -0.477 e. The Hall–Kier alpha value is -2.80. The molecule has 0 bridgehead atoms. The lowest BCUT2D eigenvalue weighted by Gasteiger charge is -2.49. The van der Waals surface area contributed by atoms with E-state index < -0.39 is 29.2 Å². The lowest BCUT2D eigenvalue weighted by atomic mass is 10.0. The van der Waals surface area contributed by atoms with Gasteiger partial charge >= 0.3 is 5.97 Å². The highest BCUT2D eigenvalue weighted by Gasteiger charge is 2.54. The van der Waals surface area contributed by atoms with E-state index in [4.69, 9.17) is 21.7 Å². The summed E-state index contributed by atoms with van der Waals surface area (Å²) in [7, 11) is 1.27. The number of nitrogens with one attached hydrogen (secondary N) is 2. The fraction of sp³-hybridized carbons (Fsp3) is 0.316. The van der Waals surface area contributed by atoms with E-state index in [1.807, 2.05) is 5.38 Å². The standard InChI is InChI=1S/C19H20N8O5S5/c1-32-26-11(8-4-35-18(22)23-8)14(28)25-12-15(29)27-13(17(30)31)7(2-34-16(12)27)3-36-19-24-10(6-37-19)33-5-9(20)21/h4,6,12,16H,2-3,5H2,1H3,(H3,20,21)(H2,22,23)(H,25,28)(H,30,31)/b26-11-/t12-,16+/m1/s1. The summed E-state index contributed by atoms with van der Waals surface area (Å²) in [6, 6.07) is -0.932. The predicted octanol–water partition coefficient (Wildman–Crippen LogP) is 1.09. The van der Waals surface area contributed by atoms with E-state index in [0.29, 0.717) is 22.8 Å². The molecular formula is C19H20N8O5S5. The zero-order valence-electron chi connectivity index (χ0n) is 19.0. The molecule has 4 rings (SSSR count). The number of aromatic nitrogens is 2. The van der Waals surface area contributed by atoms with Crippen LogP contribution in [0.25, 0.3) is 0 Å². The maximum Gasteiger partial charge on any atom is 0.352 e. The second-order valence-corrected chi connectivity index (χ2v) is 12.4. The van der Waals surface area contributed by atoms with Crippen LogP contribution in [0.3, 0.4) is 0 Å². The van der Waals surface area contributed by atoms with Crippen LogP contribution < -0.4 is 16.8 Å². The van der Waals surface area contributed by atoms with Gasteiger partial charge in [0.2, 0.25) is 0 Å². The number of aliphatic carboxylic acids is 1. The van der Waals surface area contributed by atoms with Crippen LogP contribution in [-0.4, -0.2) is 85.1 Å². The van der Waals surface area contributed by atoms with Crippen LogP contribution in [0.2, 0.25) is 0 Å². The summed E-state index contributed by atoms with van der Waals surface area (Å²) in [5, 5.41) is 27.3. The summed E-state index contributed by atoms with van der Waals surface area (Å²) < 4.78 is 0.739. The van der Waals surface area contributed by atoms with Crippen LogP contribution in [0.1, 0.15) is 5.69 Å². The molecule has 1 fully saturated rings. The number of anilines is 1. The first-order chi connectivity index (χ1) is 17.7. The molecule has 18 heteroatoms. The quantitative estimate of drug-likeness (QED) is 0.0807. The second kappa shape index (κ2) is 11.7. The van der Waals surface area contributed by atoms with E-state index in [9.17, 15) is 19.5 Å². The highest BCUT2D eigenvalue weighted by atomic mass is 32.2. The molecular weight excluding hydrogens is 581 g/mol. The highest BCUT2D eigenvalue weighted by molar-refractivity contribution is 8.02. The van der Waals surface area contributed by atoms with Crippen LogP contribution in [0, 0.1) is 5.41 Å². The molecule has 2 aromatic rings. The van der Waals surface area contributed by atoms with Crippen molar-refractivity contribution in [3.63, 3.8) is 0 Å². The Morgan fingerprint density at radius 3 is 2.78 bits per heavy atom. The number of nitrogen functional groups attached to an aromatic ring is 1. The van der Waals surface area contributed by atoms with E-state index in [2.05, 4.69) is 20.4 Å². The number of hydrogen-bond donors (Lipinski definition) is 5. The maximum atomic E-state index is 13.0. The summed E-state index contributed by atoms with van der Waals surface area (Å²) in [5.41, 5.74) is 11.6. The van der Waals surface area contributed by atoms with E-state index in [1.54, 1.807) is 5.38 Å². The van der Waals surface area contributed by atoms with Crippen molar-refractivity contribution >= 4 is 92.4 Å². The smallest absolute Gasteiger partial charge is 0.352 e. The number of thioether (sulfide) groups is 3. The van der Waals surface area contributed by atoms with E-state index in [-0.39, 0.29) is 28.1 Å². The number of rotatable bonds is 11. The van der Waals surface area contributed by atoms with Gasteiger partial charge in [0.1, 0.15) is 40.8 Å². The van der Waals surface area contributed by atoms with Crippen molar-refractivity contribution in [1.82, 2.24) is 20.2 Å². The van der Waals surface area contributed by atoms with Crippen molar-refractivity contribution < 1.29 is 24.3 Å². The van der Waals surface area contributed by atoms with Gasteiger partial charge in [-0.15, -0.1) is 34.4 Å². The molecule has 7 N–H and O–H groups in total. The van der Waals surface area contributed by atoms with Crippen LogP contribution in [0.15, 0.2) is 36.6 Å². The molecule has 4 heterocycles. The third kappa shape index (κ3) is 6.03. The Bertz CT molecular complexity index is 1310. The molecule has 0 saturated carbocycles. The summed E-state index contributed by atoms with van der Waals surface area (Å²) >= 11 is 6.62. The van der Waals surface area contributed by atoms with Crippen LogP contribution in [0.4, 0.5) is 5.13 Å². The average molecular weight is 601 g/mol. The maximum absolute atomic E-state index is 13.0. The van der Waals surface area contributed by atoms with Gasteiger partial charge in [-0.1, -0.05) is 28.7 Å². The SMILES string of the molecule is CO/N=C(\C(=O)N[C@@H]1C(=O)N2C(C(=O)O)=C(CSc3nc(SCC(=N)N)cs3)CS[C@@H]12)c1csc(N)n1. The Morgan fingerprint density at radius 1 is 1.35 bits per heavy atom. The number of thiazole rings is 2. The Balaban J connectivity index is 1.43. The van der Waals surface area contributed by atoms with Gasteiger partial charge in [0.15, 0.2) is 15.2 Å². The van der Waals surface area contributed by atoms with Crippen LogP contribution in [0.5, 0.6) is 0 Å². The number of amides is 2. The molecule has 196 valence electrons. The van der Waals surface area contributed by atoms with Crippen molar-refractivity contribution in [1.29, 1.82) is 5.41 Å². The largest absolute Gasteiger partial charge is 0.477 e. The molecule has 0 spiro atoms. The zero-order valence-corrected chi connectivity index (χ0v) is 23.1. The summed E-state index contributed by atoms with van der Waals surface area (Å²) in [6.07, 6.45) is 0.